The third kappa shape index (κ3) is 4.80. The van der Waals surface area contributed by atoms with E-state index in [2.05, 4.69) is 21.2 Å². The highest BCUT2D eigenvalue weighted by Gasteiger charge is 2.15. The highest BCUT2D eigenvalue weighted by molar-refractivity contribution is 9.10. The quantitative estimate of drug-likeness (QED) is 0.579. The third-order valence-corrected chi connectivity index (χ3v) is 4.43. The minimum absolute atomic E-state index is 0.147. The van der Waals surface area contributed by atoms with E-state index in [-0.39, 0.29) is 10.0 Å². The number of ether oxygens (including phenoxy) is 1. The second-order valence-corrected chi connectivity index (χ2v) is 6.51. The van der Waals surface area contributed by atoms with Crippen LogP contribution in [0.2, 0.25) is 0 Å². The van der Waals surface area contributed by atoms with Crippen LogP contribution in [0, 0.1) is 5.82 Å². The van der Waals surface area contributed by atoms with Crippen molar-refractivity contribution in [3.8, 4) is 11.1 Å². The lowest BCUT2D eigenvalue weighted by Crippen LogP contribution is -2.21. The predicted molar refractivity (Wildman–Crippen MR) is 105 cm³/mol. The topological polar surface area (TPSA) is 55.4 Å². The minimum Gasteiger partial charge on any atom is -0.452 e. The van der Waals surface area contributed by atoms with Gasteiger partial charge in [-0.15, -0.1) is 0 Å². The summed E-state index contributed by atoms with van der Waals surface area (Å²) in [5.41, 5.74) is 2.58. The Morgan fingerprint density at radius 1 is 0.963 bits per heavy atom. The standard InChI is InChI=1S/C21H15BrFNO3/c22-18-12-15(23)10-11-17(18)21(26)27-13-20(25)24-19-9-5-4-8-16(19)14-6-2-1-3-7-14/h1-12H,13H2,(H,24,25). The molecule has 0 aromatic heterocycles. The van der Waals surface area contributed by atoms with Crippen molar-refractivity contribution in [3.05, 3.63) is 88.6 Å². The van der Waals surface area contributed by atoms with Gasteiger partial charge in [-0.1, -0.05) is 48.5 Å². The van der Waals surface area contributed by atoms with Gasteiger partial charge in [0, 0.05) is 15.7 Å². The summed E-state index contributed by atoms with van der Waals surface area (Å²) in [5, 5.41) is 2.75. The van der Waals surface area contributed by atoms with Crippen molar-refractivity contribution in [2.24, 2.45) is 0 Å². The first-order valence-corrected chi connectivity index (χ1v) is 8.90. The van der Waals surface area contributed by atoms with E-state index in [1.54, 1.807) is 6.07 Å². The normalized spacial score (nSPS) is 10.3. The molecule has 0 radical (unpaired) electrons. The van der Waals surface area contributed by atoms with Crippen LogP contribution in [-0.2, 0) is 9.53 Å². The Labute approximate surface area is 164 Å². The maximum Gasteiger partial charge on any atom is 0.339 e. The second-order valence-electron chi connectivity index (χ2n) is 5.66. The van der Waals surface area contributed by atoms with Gasteiger partial charge in [-0.25, -0.2) is 9.18 Å². The molecule has 1 amide bonds. The van der Waals surface area contributed by atoms with Crippen molar-refractivity contribution in [3.63, 3.8) is 0 Å². The van der Waals surface area contributed by atoms with Crippen LogP contribution in [0.5, 0.6) is 0 Å². The maximum atomic E-state index is 13.1. The zero-order valence-corrected chi connectivity index (χ0v) is 15.7. The molecule has 0 saturated carbocycles. The Bertz CT molecular complexity index is 976. The van der Waals surface area contributed by atoms with Crippen molar-refractivity contribution >= 4 is 33.5 Å². The first kappa shape index (κ1) is 18.8. The van der Waals surface area contributed by atoms with Crippen LogP contribution in [0.4, 0.5) is 10.1 Å². The van der Waals surface area contributed by atoms with E-state index in [9.17, 15) is 14.0 Å². The Kier molecular flexibility index (Phi) is 5.98. The van der Waals surface area contributed by atoms with Crippen molar-refractivity contribution < 1.29 is 18.7 Å². The lowest BCUT2D eigenvalue weighted by atomic mass is 10.0. The summed E-state index contributed by atoms with van der Waals surface area (Å²) in [4.78, 5) is 24.3. The van der Waals surface area contributed by atoms with E-state index in [4.69, 9.17) is 4.74 Å². The number of halogens is 2. The van der Waals surface area contributed by atoms with Gasteiger partial charge >= 0.3 is 5.97 Å². The molecule has 136 valence electrons. The molecule has 3 rings (SSSR count). The average Bonchev–Trinajstić information content (AvgIpc) is 2.67. The molecule has 1 N–H and O–H groups in total. The fraction of sp³-hybridized carbons (Fsp3) is 0.0476. The van der Waals surface area contributed by atoms with Crippen LogP contribution in [0.3, 0.4) is 0 Å². The number of carbonyl (C=O) groups excluding carboxylic acids is 2. The zero-order valence-electron chi connectivity index (χ0n) is 14.1. The fourth-order valence-electron chi connectivity index (χ4n) is 2.51. The van der Waals surface area contributed by atoms with Crippen molar-refractivity contribution in [1.29, 1.82) is 0 Å². The van der Waals surface area contributed by atoms with Crippen LogP contribution in [0.15, 0.2) is 77.3 Å². The van der Waals surface area contributed by atoms with Crippen LogP contribution in [0.25, 0.3) is 11.1 Å². The lowest BCUT2D eigenvalue weighted by Gasteiger charge is -2.12. The highest BCUT2D eigenvalue weighted by atomic mass is 79.9. The van der Waals surface area contributed by atoms with Crippen LogP contribution in [-0.4, -0.2) is 18.5 Å². The molecule has 0 bridgehead atoms. The summed E-state index contributed by atoms with van der Waals surface area (Å²) >= 11 is 3.10. The smallest absolute Gasteiger partial charge is 0.339 e. The number of rotatable bonds is 5. The maximum absolute atomic E-state index is 13.1. The monoisotopic (exact) mass is 427 g/mol. The number of benzene rings is 3. The molecule has 0 saturated heterocycles. The molecule has 27 heavy (non-hydrogen) atoms. The van der Waals surface area contributed by atoms with Crippen molar-refractivity contribution in [2.75, 3.05) is 11.9 Å². The number of anilines is 1. The van der Waals surface area contributed by atoms with E-state index in [1.807, 2.05) is 48.5 Å². The minimum atomic E-state index is -0.714. The summed E-state index contributed by atoms with van der Waals surface area (Å²) in [6.07, 6.45) is 0. The van der Waals surface area contributed by atoms with Crippen molar-refractivity contribution in [2.45, 2.75) is 0 Å². The predicted octanol–water partition coefficient (Wildman–Crippen LogP) is 5.05. The molecule has 3 aromatic rings. The highest BCUT2D eigenvalue weighted by Crippen LogP contribution is 2.27. The van der Waals surface area contributed by atoms with E-state index in [0.717, 1.165) is 23.3 Å². The van der Waals surface area contributed by atoms with Crippen LogP contribution in [0.1, 0.15) is 10.4 Å². The summed E-state index contributed by atoms with van der Waals surface area (Å²) < 4.78 is 18.4. The van der Waals surface area contributed by atoms with Crippen LogP contribution >= 0.6 is 15.9 Å². The largest absolute Gasteiger partial charge is 0.452 e. The molecule has 6 heteroatoms. The van der Waals surface area contributed by atoms with Gasteiger partial charge in [-0.2, -0.15) is 0 Å². The van der Waals surface area contributed by atoms with Gasteiger partial charge < -0.3 is 10.1 Å². The molecule has 0 aliphatic heterocycles. The average molecular weight is 428 g/mol. The lowest BCUT2D eigenvalue weighted by molar-refractivity contribution is -0.119. The van der Waals surface area contributed by atoms with Gasteiger partial charge in [-0.3, -0.25) is 4.79 Å². The number of para-hydroxylation sites is 1. The number of hydrogen-bond donors (Lipinski definition) is 1. The van der Waals surface area contributed by atoms with Crippen molar-refractivity contribution in [1.82, 2.24) is 0 Å². The number of amides is 1. The molecule has 4 nitrogen and oxygen atoms in total. The summed E-state index contributed by atoms with van der Waals surface area (Å²) in [6.45, 7) is -0.453. The number of nitrogens with one attached hydrogen (secondary N) is 1. The Balaban J connectivity index is 1.66. The molecule has 0 aliphatic rings. The first-order valence-electron chi connectivity index (χ1n) is 8.11. The molecule has 0 aliphatic carbocycles. The Morgan fingerprint density at radius 2 is 1.67 bits per heavy atom. The van der Waals surface area contributed by atoms with Crippen LogP contribution < -0.4 is 5.32 Å². The zero-order chi connectivity index (χ0) is 19.2. The Morgan fingerprint density at radius 3 is 2.41 bits per heavy atom. The molecule has 0 atom stereocenters. The molecule has 3 aromatic carbocycles. The van der Waals surface area contributed by atoms with Gasteiger partial charge in [0.05, 0.1) is 5.56 Å². The molecule has 0 spiro atoms. The van der Waals surface area contributed by atoms with Gasteiger partial charge in [0.2, 0.25) is 0 Å². The van der Waals surface area contributed by atoms with E-state index < -0.39 is 24.3 Å². The van der Waals surface area contributed by atoms with E-state index in [0.29, 0.717) is 5.69 Å². The van der Waals surface area contributed by atoms with Gasteiger partial charge in [0.25, 0.3) is 5.91 Å². The van der Waals surface area contributed by atoms with Gasteiger partial charge in [0.1, 0.15) is 5.82 Å². The molecular weight excluding hydrogens is 413 g/mol. The third-order valence-electron chi connectivity index (χ3n) is 3.77. The van der Waals surface area contributed by atoms with Gasteiger partial charge in [0.15, 0.2) is 6.61 Å². The number of hydrogen-bond acceptors (Lipinski definition) is 3. The SMILES string of the molecule is O=C(COC(=O)c1ccc(F)cc1Br)Nc1ccccc1-c1ccccc1. The second kappa shape index (κ2) is 8.60. The molecule has 0 heterocycles. The number of esters is 1. The first-order chi connectivity index (χ1) is 13.0. The Hall–Kier alpha value is -2.99. The summed E-state index contributed by atoms with van der Waals surface area (Å²) in [6, 6.07) is 20.6. The van der Waals surface area contributed by atoms with E-state index in [1.165, 1.54) is 6.07 Å². The van der Waals surface area contributed by atoms with Gasteiger partial charge in [-0.05, 0) is 45.8 Å². The fourth-order valence-corrected chi connectivity index (χ4v) is 3.02. The summed E-state index contributed by atoms with van der Waals surface area (Å²) in [5.74, 6) is -1.66. The molecule has 0 unspecified atom stereocenters. The van der Waals surface area contributed by atoms with E-state index >= 15 is 0 Å². The number of carbonyl (C=O) groups is 2. The summed E-state index contributed by atoms with van der Waals surface area (Å²) in [7, 11) is 0. The molecule has 0 fully saturated rings. The molecular formula is C21H15BrFNO3.